The minimum atomic E-state index is -0.485. The van der Waals surface area contributed by atoms with Crippen molar-refractivity contribution >= 4 is 17.3 Å². The number of piperazine rings is 1. The highest BCUT2D eigenvalue weighted by atomic mass is 35.5. The number of rotatable bonds is 7. The van der Waals surface area contributed by atoms with Crippen molar-refractivity contribution in [1.82, 2.24) is 0 Å². The van der Waals surface area contributed by atoms with Crippen molar-refractivity contribution in [2.75, 3.05) is 51.3 Å². The SMILES string of the molecule is COc1ccc(OC[C@H](O)C[NH+]2CCN(c3cc(Cl)ccc3C)CC2)cc1. The summed E-state index contributed by atoms with van der Waals surface area (Å²) in [5.74, 6) is 1.53. The van der Waals surface area contributed by atoms with E-state index in [1.165, 1.54) is 16.2 Å². The Labute approximate surface area is 166 Å². The Kier molecular flexibility index (Phi) is 6.83. The minimum absolute atomic E-state index is 0.299. The highest BCUT2D eigenvalue weighted by Gasteiger charge is 2.23. The first-order valence-electron chi connectivity index (χ1n) is 9.34. The quantitative estimate of drug-likeness (QED) is 0.755. The Morgan fingerprint density at radius 1 is 1.11 bits per heavy atom. The van der Waals surface area contributed by atoms with Gasteiger partial charge in [-0.3, -0.25) is 0 Å². The zero-order valence-electron chi connectivity index (χ0n) is 16.0. The Hall–Kier alpha value is -1.95. The fourth-order valence-electron chi connectivity index (χ4n) is 3.45. The first-order chi connectivity index (χ1) is 13.0. The Balaban J connectivity index is 1.43. The lowest BCUT2D eigenvalue weighted by atomic mass is 10.1. The van der Waals surface area contributed by atoms with Gasteiger partial charge in [-0.15, -0.1) is 0 Å². The second-order valence-electron chi connectivity index (χ2n) is 7.01. The van der Waals surface area contributed by atoms with E-state index in [0.29, 0.717) is 13.2 Å². The summed E-state index contributed by atoms with van der Waals surface area (Å²) in [6, 6.07) is 13.4. The predicted molar refractivity (Wildman–Crippen MR) is 108 cm³/mol. The lowest BCUT2D eigenvalue weighted by molar-refractivity contribution is -0.903. The van der Waals surface area contributed by atoms with Gasteiger partial charge >= 0.3 is 0 Å². The summed E-state index contributed by atoms with van der Waals surface area (Å²) in [5, 5.41) is 11.1. The number of methoxy groups -OCH3 is 1. The van der Waals surface area contributed by atoms with E-state index in [4.69, 9.17) is 21.1 Å². The van der Waals surface area contributed by atoms with Crippen molar-refractivity contribution in [3.8, 4) is 11.5 Å². The molecule has 1 saturated heterocycles. The maximum Gasteiger partial charge on any atom is 0.137 e. The third-order valence-corrected chi connectivity index (χ3v) is 5.24. The summed E-state index contributed by atoms with van der Waals surface area (Å²) in [6.07, 6.45) is -0.485. The van der Waals surface area contributed by atoms with Gasteiger partial charge in [-0.25, -0.2) is 0 Å². The number of quaternary nitrogens is 1. The monoisotopic (exact) mass is 391 g/mol. The summed E-state index contributed by atoms with van der Waals surface area (Å²) in [4.78, 5) is 3.78. The molecule has 0 bridgehead atoms. The number of aliphatic hydroxyl groups is 1. The number of anilines is 1. The molecule has 0 spiro atoms. The van der Waals surface area contributed by atoms with Gasteiger partial charge in [0, 0.05) is 10.7 Å². The molecule has 2 aromatic carbocycles. The largest absolute Gasteiger partial charge is 0.497 e. The molecule has 3 rings (SSSR count). The van der Waals surface area contributed by atoms with Crippen LogP contribution in [0.25, 0.3) is 0 Å². The van der Waals surface area contributed by atoms with Crippen molar-refractivity contribution in [2.24, 2.45) is 0 Å². The third-order valence-electron chi connectivity index (χ3n) is 5.01. The topological polar surface area (TPSA) is 46.4 Å². The molecule has 27 heavy (non-hydrogen) atoms. The number of aryl methyl sites for hydroxylation is 1. The molecule has 1 heterocycles. The molecule has 2 aromatic rings. The Morgan fingerprint density at radius 3 is 2.44 bits per heavy atom. The van der Waals surface area contributed by atoms with Gasteiger partial charge in [0.25, 0.3) is 0 Å². The summed E-state index contributed by atoms with van der Waals surface area (Å²) in [7, 11) is 1.63. The first kappa shape index (κ1) is 19.8. The van der Waals surface area contributed by atoms with Crippen LogP contribution in [0.3, 0.4) is 0 Å². The third kappa shape index (κ3) is 5.51. The average molecular weight is 392 g/mol. The molecule has 146 valence electrons. The van der Waals surface area contributed by atoms with Gasteiger partial charge in [0.05, 0.1) is 33.3 Å². The number of halogens is 1. The van der Waals surface area contributed by atoms with Gasteiger partial charge in [0.15, 0.2) is 0 Å². The van der Waals surface area contributed by atoms with Crippen molar-refractivity contribution in [2.45, 2.75) is 13.0 Å². The first-order valence-corrected chi connectivity index (χ1v) is 9.72. The molecule has 1 aliphatic rings. The smallest absolute Gasteiger partial charge is 0.137 e. The number of aliphatic hydroxyl groups excluding tert-OH is 1. The van der Waals surface area contributed by atoms with E-state index in [-0.39, 0.29) is 0 Å². The zero-order valence-corrected chi connectivity index (χ0v) is 16.7. The molecule has 1 fully saturated rings. The molecule has 1 aliphatic heterocycles. The lowest BCUT2D eigenvalue weighted by Gasteiger charge is -2.35. The van der Waals surface area contributed by atoms with Crippen LogP contribution in [-0.2, 0) is 0 Å². The van der Waals surface area contributed by atoms with Crippen LogP contribution in [0.5, 0.6) is 11.5 Å². The normalized spacial score (nSPS) is 16.2. The van der Waals surface area contributed by atoms with Crippen molar-refractivity contribution in [3.05, 3.63) is 53.1 Å². The number of hydrogen-bond donors (Lipinski definition) is 2. The zero-order chi connectivity index (χ0) is 19.2. The van der Waals surface area contributed by atoms with E-state index in [0.717, 1.165) is 42.7 Å². The van der Waals surface area contributed by atoms with Gasteiger partial charge < -0.3 is 24.4 Å². The molecule has 5 nitrogen and oxygen atoms in total. The molecule has 0 aliphatic carbocycles. The lowest BCUT2D eigenvalue weighted by Crippen LogP contribution is -3.16. The summed E-state index contributed by atoms with van der Waals surface area (Å²) in [6.45, 7) is 7.01. The van der Waals surface area contributed by atoms with E-state index in [1.807, 2.05) is 36.4 Å². The molecular weight excluding hydrogens is 364 g/mol. The molecular formula is C21H28ClN2O3+. The highest BCUT2D eigenvalue weighted by Crippen LogP contribution is 2.24. The second-order valence-corrected chi connectivity index (χ2v) is 7.45. The predicted octanol–water partition coefficient (Wildman–Crippen LogP) is 1.80. The van der Waals surface area contributed by atoms with Gasteiger partial charge in [-0.05, 0) is 48.9 Å². The molecule has 0 saturated carbocycles. The van der Waals surface area contributed by atoms with Gasteiger partial charge in [0.2, 0.25) is 0 Å². The summed E-state index contributed by atoms with van der Waals surface area (Å²) < 4.78 is 10.8. The number of nitrogens with one attached hydrogen (secondary N) is 1. The van der Waals surface area contributed by atoms with E-state index < -0.39 is 6.10 Å². The van der Waals surface area contributed by atoms with Crippen LogP contribution in [0.15, 0.2) is 42.5 Å². The number of hydrogen-bond acceptors (Lipinski definition) is 4. The number of nitrogens with zero attached hydrogens (tertiary/aromatic N) is 1. The highest BCUT2D eigenvalue weighted by molar-refractivity contribution is 6.30. The molecule has 6 heteroatoms. The Morgan fingerprint density at radius 2 is 1.78 bits per heavy atom. The standard InChI is InChI=1S/C21H27ClN2O3/c1-16-3-4-17(22)13-21(16)24-11-9-23(10-12-24)14-18(25)15-27-20-7-5-19(26-2)6-8-20/h3-8,13,18,25H,9-12,14-15H2,1-2H3/p+1/t18-/m1/s1. The van der Waals surface area contributed by atoms with E-state index >= 15 is 0 Å². The van der Waals surface area contributed by atoms with Crippen LogP contribution in [-0.4, -0.2) is 57.7 Å². The van der Waals surface area contributed by atoms with Crippen LogP contribution in [0.4, 0.5) is 5.69 Å². The maximum atomic E-state index is 10.3. The molecule has 0 radical (unpaired) electrons. The van der Waals surface area contributed by atoms with Crippen LogP contribution < -0.4 is 19.3 Å². The van der Waals surface area contributed by atoms with Crippen molar-refractivity contribution in [3.63, 3.8) is 0 Å². The molecule has 0 aromatic heterocycles. The van der Waals surface area contributed by atoms with Crippen LogP contribution in [0, 0.1) is 6.92 Å². The molecule has 1 atom stereocenters. The molecule has 0 amide bonds. The fraction of sp³-hybridized carbons (Fsp3) is 0.429. The van der Waals surface area contributed by atoms with E-state index in [1.54, 1.807) is 7.11 Å². The van der Waals surface area contributed by atoms with Crippen LogP contribution in [0.1, 0.15) is 5.56 Å². The number of benzene rings is 2. The maximum absolute atomic E-state index is 10.3. The second kappa shape index (κ2) is 9.31. The molecule has 2 N–H and O–H groups in total. The van der Waals surface area contributed by atoms with E-state index in [2.05, 4.69) is 17.9 Å². The fourth-order valence-corrected chi connectivity index (χ4v) is 3.61. The summed E-state index contributed by atoms with van der Waals surface area (Å²) in [5.41, 5.74) is 2.46. The van der Waals surface area contributed by atoms with Gasteiger partial charge in [-0.1, -0.05) is 17.7 Å². The summed E-state index contributed by atoms with van der Waals surface area (Å²) >= 11 is 6.15. The van der Waals surface area contributed by atoms with Gasteiger partial charge in [-0.2, -0.15) is 0 Å². The molecule has 0 unspecified atom stereocenters. The number of ether oxygens (including phenoxy) is 2. The average Bonchev–Trinajstić information content (AvgIpc) is 2.69. The van der Waals surface area contributed by atoms with Crippen LogP contribution in [0.2, 0.25) is 5.02 Å². The van der Waals surface area contributed by atoms with E-state index in [9.17, 15) is 5.11 Å². The van der Waals surface area contributed by atoms with Crippen molar-refractivity contribution < 1.29 is 19.5 Å². The van der Waals surface area contributed by atoms with Crippen molar-refractivity contribution in [1.29, 1.82) is 0 Å². The van der Waals surface area contributed by atoms with Gasteiger partial charge in [0.1, 0.15) is 30.8 Å². The minimum Gasteiger partial charge on any atom is -0.497 e. The van der Waals surface area contributed by atoms with Crippen LogP contribution >= 0.6 is 11.6 Å². The Bertz CT molecular complexity index is 731.